The van der Waals surface area contributed by atoms with E-state index in [1.807, 2.05) is 47.8 Å². The molecule has 0 atom stereocenters. The highest BCUT2D eigenvalue weighted by Crippen LogP contribution is 2.28. The minimum absolute atomic E-state index is 0.242. The second-order valence-electron chi connectivity index (χ2n) is 6.65. The fraction of sp³-hybridized carbons (Fsp3) is 0.0870. The SMILES string of the molecule is O=C(O)c1ccc(CCc2cccc(O)c2)cc1Nc1ccc2sccc2c1. The summed E-state index contributed by atoms with van der Waals surface area (Å²) < 4.78 is 1.20. The number of carbonyl (C=O) groups is 1. The molecule has 0 spiro atoms. The number of aromatic carboxylic acids is 1. The van der Waals surface area contributed by atoms with E-state index in [1.165, 1.54) is 4.70 Å². The van der Waals surface area contributed by atoms with Crippen molar-refractivity contribution >= 4 is 38.8 Å². The number of hydrogen-bond acceptors (Lipinski definition) is 4. The Labute approximate surface area is 166 Å². The number of phenols is 1. The van der Waals surface area contributed by atoms with E-state index < -0.39 is 5.97 Å². The lowest BCUT2D eigenvalue weighted by molar-refractivity contribution is 0.0698. The third kappa shape index (κ3) is 4.00. The Morgan fingerprint density at radius 3 is 2.54 bits per heavy atom. The summed E-state index contributed by atoms with van der Waals surface area (Å²) in [7, 11) is 0. The van der Waals surface area contributed by atoms with Gasteiger partial charge in [0.25, 0.3) is 0 Å². The number of carboxylic acids is 1. The number of hydrogen-bond donors (Lipinski definition) is 3. The highest BCUT2D eigenvalue weighted by atomic mass is 32.1. The number of nitrogens with one attached hydrogen (secondary N) is 1. The van der Waals surface area contributed by atoms with E-state index in [0.29, 0.717) is 5.69 Å². The van der Waals surface area contributed by atoms with Gasteiger partial charge in [-0.25, -0.2) is 4.79 Å². The first-order valence-corrected chi connectivity index (χ1v) is 9.85. The minimum Gasteiger partial charge on any atom is -0.508 e. The molecule has 4 nitrogen and oxygen atoms in total. The van der Waals surface area contributed by atoms with Gasteiger partial charge in [0, 0.05) is 10.4 Å². The van der Waals surface area contributed by atoms with Gasteiger partial charge in [-0.3, -0.25) is 0 Å². The van der Waals surface area contributed by atoms with Crippen molar-refractivity contribution in [2.24, 2.45) is 0 Å². The van der Waals surface area contributed by atoms with Gasteiger partial charge in [0.1, 0.15) is 5.75 Å². The molecule has 4 rings (SSSR count). The highest BCUT2D eigenvalue weighted by molar-refractivity contribution is 7.17. The van der Waals surface area contributed by atoms with Crippen LogP contribution in [-0.2, 0) is 12.8 Å². The van der Waals surface area contributed by atoms with Crippen LogP contribution >= 0.6 is 11.3 Å². The van der Waals surface area contributed by atoms with Crippen molar-refractivity contribution in [3.8, 4) is 5.75 Å². The Bertz CT molecular complexity index is 1150. The Morgan fingerprint density at radius 2 is 1.75 bits per heavy atom. The normalized spacial score (nSPS) is 10.9. The molecule has 140 valence electrons. The second kappa shape index (κ2) is 7.74. The van der Waals surface area contributed by atoms with Crippen LogP contribution in [0.25, 0.3) is 10.1 Å². The van der Waals surface area contributed by atoms with E-state index in [2.05, 4.69) is 11.4 Å². The summed E-state index contributed by atoms with van der Waals surface area (Å²) in [6, 6.07) is 20.7. The van der Waals surface area contributed by atoms with Crippen molar-refractivity contribution in [2.45, 2.75) is 12.8 Å². The summed E-state index contributed by atoms with van der Waals surface area (Å²) in [6.45, 7) is 0. The van der Waals surface area contributed by atoms with Gasteiger partial charge in [-0.15, -0.1) is 11.3 Å². The minimum atomic E-state index is -0.960. The number of carboxylic acid groups (broad SMARTS) is 1. The quantitative estimate of drug-likeness (QED) is 0.388. The summed E-state index contributed by atoms with van der Waals surface area (Å²) in [4.78, 5) is 11.6. The van der Waals surface area contributed by atoms with Crippen LogP contribution in [0, 0.1) is 0 Å². The molecule has 0 aliphatic heterocycles. The molecule has 0 amide bonds. The van der Waals surface area contributed by atoms with Crippen molar-refractivity contribution in [2.75, 3.05) is 5.32 Å². The molecular formula is C23H19NO3S. The average molecular weight is 389 g/mol. The number of aromatic hydroxyl groups is 1. The molecule has 28 heavy (non-hydrogen) atoms. The zero-order valence-corrected chi connectivity index (χ0v) is 15.9. The van der Waals surface area contributed by atoms with Gasteiger partial charge in [-0.05, 0) is 83.3 Å². The molecule has 3 aromatic carbocycles. The monoisotopic (exact) mass is 389 g/mol. The molecule has 1 heterocycles. The molecule has 0 fully saturated rings. The zero-order valence-electron chi connectivity index (χ0n) is 15.1. The molecule has 0 aliphatic rings. The standard InChI is InChI=1S/C23H19NO3S/c25-19-3-1-2-15(12-19)4-5-16-6-8-20(23(26)27)21(13-16)24-18-7-9-22-17(14-18)10-11-28-22/h1-3,6-14,24-25H,4-5H2,(H,26,27). The predicted molar refractivity (Wildman–Crippen MR) is 114 cm³/mol. The molecule has 0 saturated heterocycles. The topological polar surface area (TPSA) is 69.6 Å². The van der Waals surface area contributed by atoms with Crippen LogP contribution in [-0.4, -0.2) is 16.2 Å². The van der Waals surface area contributed by atoms with Gasteiger partial charge in [0.05, 0.1) is 11.3 Å². The van der Waals surface area contributed by atoms with Gasteiger partial charge in [-0.2, -0.15) is 0 Å². The van der Waals surface area contributed by atoms with Crippen LogP contribution in [0.15, 0.2) is 72.1 Å². The van der Waals surface area contributed by atoms with E-state index in [1.54, 1.807) is 29.5 Å². The fourth-order valence-electron chi connectivity index (χ4n) is 3.24. The van der Waals surface area contributed by atoms with E-state index in [-0.39, 0.29) is 11.3 Å². The highest BCUT2D eigenvalue weighted by Gasteiger charge is 2.12. The summed E-state index contributed by atoms with van der Waals surface area (Å²) in [6.07, 6.45) is 1.52. The smallest absolute Gasteiger partial charge is 0.337 e. The van der Waals surface area contributed by atoms with Crippen LogP contribution in [0.2, 0.25) is 0 Å². The molecule has 4 aromatic rings. The van der Waals surface area contributed by atoms with Crippen molar-refractivity contribution in [3.05, 3.63) is 88.8 Å². The maximum Gasteiger partial charge on any atom is 0.337 e. The van der Waals surface area contributed by atoms with Crippen LogP contribution < -0.4 is 5.32 Å². The molecule has 3 N–H and O–H groups in total. The van der Waals surface area contributed by atoms with Crippen LogP contribution in [0.4, 0.5) is 11.4 Å². The lowest BCUT2D eigenvalue weighted by Crippen LogP contribution is -2.04. The molecule has 1 aromatic heterocycles. The van der Waals surface area contributed by atoms with Crippen LogP contribution in [0.5, 0.6) is 5.75 Å². The van der Waals surface area contributed by atoms with Crippen molar-refractivity contribution in [1.29, 1.82) is 0 Å². The number of fused-ring (bicyclic) bond motifs is 1. The summed E-state index contributed by atoms with van der Waals surface area (Å²) in [5.41, 5.74) is 3.76. The third-order valence-corrected chi connectivity index (χ3v) is 5.56. The lowest BCUT2D eigenvalue weighted by Gasteiger charge is -2.12. The molecule has 0 unspecified atom stereocenters. The number of aryl methyl sites for hydroxylation is 2. The first kappa shape index (κ1) is 18.1. The number of thiophene rings is 1. The van der Waals surface area contributed by atoms with Crippen LogP contribution in [0.1, 0.15) is 21.5 Å². The summed E-state index contributed by atoms with van der Waals surface area (Å²) in [5.74, 6) is -0.705. The predicted octanol–water partition coefficient (Wildman–Crippen LogP) is 5.83. The number of rotatable bonds is 6. The van der Waals surface area contributed by atoms with Crippen LogP contribution in [0.3, 0.4) is 0 Å². The van der Waals surface area contributed by atoms with Crippen molar-refractivity contribution < 1.29 is 15.0 Å². The lowest BCUT2D eigenvalue weighted by atomic mass is 10.0. The molecule has 5 heteroatoms. The molecule has 0 saturated carbocycles. The summed E-state index contributed by atoms with van der Waals surface area (Å²) >= 11 is 1.68. The van der Waals surface area contributed by atoms with Gasteiger partial charge in [-0.1, -0.05) is 18.2 Å². The Kier molecular flexibility index (Phi) is 5.00. The molecule has 0 bridgehead atoms. The van der Waals surface area contributed by atoms with E-state index in [4.69, 9.17) is 0 Å². The average Bonchev–Trinajstić information content (AvgIpc) is 3.14. The van der Waals surface area contributed by atoms with E-state index in [0.717, 1.165) is 35.0 Å². The molecular weight excluding hydrogens is 370 g/mol. The van der Waals surface area contributed by atoms with Crippen molar-refractivity contribution in [1.82, 2.24) is 0 Å². The van der Waals surface area contributed by atoms with Gasteiger partial charge >= 0.3 is 5.97 Å². The molecule has 0 aliphatic carbocycles. The summed E-state index contributed by atoms with van der Waals surface area (Å²) in [5, 5.41) is 25.6. The first-order valence-electron chi connectivity index (χ1n) is 8.97. The van der Waals surface area contributed by atoms with Crippen molar-refractivity contribution in [3.63, 3.8) is 0 Å². The van der Waals surface area contributed by atoms with Gasteiger partial charge in [0.15, 0.2) is 0 Å². The zero-order chi connectivity index (χ0) is 19.5. The number of benzene rings is 3. The Hall–Kier alpha value is -3.31. The second-order valence-corrected chi connectivity index (χ2v) is 7.60. The third-order valence-electron chi connectivity index (χ3n) is 4.66. The van der Waals surface area contributed by atoms with Gasteiger partial charge in [0.2, 0.25) is 0 Å². The van der Waals surface area contributed by atoms with Gasteiger partial charge < -0.3 is 15.5 Å². The maximum absolute atomic E-state index is 11.6. The Balaban J connectivity index is 1.58. The molecule has 0 radical (unpaired) electrons. The maximum atomic E-state index is 11.6. The fourth-order valence-corrected chi connectivity index (χ4v) is 4.01. The van der Waals surface area contributed by atoms with E-state index >= 15 is 0 Å². The Morgan fingerprint density at radius 1 is 0.929 bits per heavy atom. The largest absolute Gasteiger partial charge is 0.508 e. The number of phenolic OH excluding ortho intramolecular Hbond substituents is 1. The van der Waals surface area contributed by atoms with E-state index in [9.17, 15) is 15.0 Å². The number of anilines is 2. The first-order chi connectivity index (χ1) is 13.6.